The molecule has 2 rings (SSSR count). The van der Waals surface area contributed by atoms with E-state index in [1.54, 1.807) is 0 Å². The van der Waals surface area contributed by atoms with Gasteiger partial charge in [-0.1, -0.05) is 28.9 Å². The van der Waals surface area contributed by atoms with Crippen LogP contribution in [0.3, 0.4) is 0 Å². The third-order valence-electron chi connectivity index (χ3n) is 2.36. The number of oxime groups is 1. The Kier molecular flexibility index (Phi) is 3.17. The third kappa shape index (κ3) is 2.44. The van der Waals surface area contributed by atoms with Crippen molar-refractivity contribution in [3.63, 3.8) is 0 Å². The van der Waals surface area contributed by atoms with Crippen molar-refractivity contribution in [1.82, 2.24) is 0 Å². The Morgan fingerprint density at radius 2 is 2.33 bits per heavy atom. The lowest BCUT2D eigenvalue weighted by Gasteiger charge is -2.08. The first-order valence-corrected chi connectivity index (χ1v) is 5.61. The highest BCUT2D eigenvalue weighted by Crippen LogP contribution is 2.22. The fraction of sp³-hybridized carbons (Fsp3) is 0.364. The lowest BCUT2D eigenvalue weighted by Crippen LogP contribution is -2.18. The summed E-state index contributed by atoms with van der Waals surface area (Å²) in [6, 6.07) is 7.58. The van der Waals surface area contributed by atoms with E-state index < -0.39 is 0 Å². The molecule has 1 aromatic carbocycles. The largest absolute Gasteiger partial charge is 0.390 e. The first-order valence-electron chi connectivity index (χ1n) is 4.79. The van der Waals surface area contributed by atoms with Gasteiger partial charge in [-0.2, -0.15) is 0 Å². The zero-order valence-electron chi connectivity index (χ0n) is 8.28. The van der Waals surface area contributed by atoms with Gasteiger partial charge in [0.15, 0.2) is 0 Å². The fourth-order valence-electron chi connectivity index (χ4n) is 1.48. The van der Waals surface area contributed by atoms with Gasteiger partial charge in [-0.3, -0.25) is 0 Å². The highest BCUT2D eigenvalue weighted by Gasteiger charge is 2.26. The summed E-state index contributed by atoms with van der Waals surface area (Å²) in [5.74, 6) is 0. The van der Waals surface area contributed by atoms with Gasteiger partial charge in [0.05, 0.1) is 11.1 Å². The van der Waals surface area contributed by atoms with Crippen LogP contribution < -0.4 is 0 Å². The Bertz CT molecular complexity index is 390. The van der Waals surface area contributed by atoms with E-state index in [-0.39, 0.29) is 11.5 Å². The van der Waals surface area contributed by atoms with Gasteiger partial charge in [0.25, 0.3) is 0 Å². The second kappa shape index (κ2) is 4.42. The van der Waals surface area contributed by atoms with E-state index in [4.69, 9.17) is 28.0 Å². The first kappa shape index (κ1) is 10.8. The topological polar surface area (TPSA) is 21.6 Å². The molecule has 1 heterocycles. The number of hydrogen-bond acceptors (Lipinski definition) is 2. The molecule has 0 saturated carbocycles. The minimum absolute atomic E-state index is 0.0272. The van der Waals surface area contributed by atoms with Crippen LogP contribution in [0.1, 0.15) is 18.9 Å². The van der Waals surface area contributed by atoms with Crippen LogP contribution >= 0.6 is 23.2 Å². The summed E-state index contributed by atoms with van der Waals surface area (Å²) < 4.78 is 0. The van der Waals surface area contributed by atoms with Crippen LogP contribution in [0.15, 0.2) is 29.4 Å². The predicted molar refractivity (Wildman–Crippen MR) is 62.8 cm³/mol. The second-order valence-electron chi connectivity index (χ2n) is 3.57. The molecule has 1 aliphatic rings. The van der Waals surface area contributed by atoms with Gasteiger partial charge in [-0.25, -0.2) is 0 Å². The highest BCUT2D eigenvalue weighted by atomic mass is 35.5. The van der Waals surface area contributed by atoms with Crippen LogP contribution in [0, 0.1) is 0 Å². The van der Waals surface area contributed by atoms with Gasteiger partial charge in [0.2, 0.25) is 0 Å². The maximum atomic E-state index is 5.94. The molecule has 1 aromatic rings. The molecule has 1 aliphatic heterocycles. The Hall–Kier alpha value is -0.730. The van der Waals surface area contributed by atoms with Crippen molar-refractivity contribution in [3.8, 4) is 0 Å². The summed E-state index contributed by atoms with van der Waals surface area (Å²) in [7, 11) is 0. The highest BCUT2D eigenvalue weighted by molar-refractivity contribution is 6.31. The molecule has 0 aromatic heterocycles. The zero-order chi connectivity index (χ0) is 10.8. The lowest BCUT2D eigenvalue weighted by atomic mass is 10.0. The van der Waals surface area contributed by atoms with Crippen LogP contribution in [0.2, 0.25) is 5.02 Å². The third-order valence-corrected chi connectivity index (χ3v) is 2.88. The molecule has 0 radical (unpaired) electrons. The number of alkyl halides is 1. The van der Waals surface area contributed by atoms with Crippen molar-refractivity contribution < 1.29 is 4.84 Å². The van der Waals surface area contributed by atoms with Crippen molar-refractivity contribution in [3.05, 3.63) is 34.9 Å². The van der Waals surface area contributed by atoms with Gasteiger partial charge in [0, 0.05) is 17.0 Å². The number of rotatable bonds is 2. The van der Waals surface area contributed by atoms with Gasteiger partial charge in [0.1, 0.15) is 6.10 Å². The van der Waals surface area contributed by atoms with Crippen molar-refractivity contribution in [2.45, 2.75) is 24.8 Å². The quantitative estimate of drug-likeness (QED) is 0.730. The summed E-state index contributed by atoms with van der Waals surface area (Å²) >= 11 is 11.8. The van der Waals surface area contributed by atoms with Crippen LogP contribution in [0.5, 0.6) is 0 Å². The average Bonchev–Trinajstić information content (AvgIpc) is 2.66. The van der Waals surface area contributed by atoms with E-state index in [1.807, 2.05) is 31.2 Å². The molecule has 15 heavy (non-hydrogen) atoms. The normalized spacial score (nSPS) is 22.1. The van der Waals surface area contributed by atoms with E-state index in [1.165, 1.54) is 0 Å². The molecule has 0 fully saturated rings. The Labute approximate surface area is 98.8 Å². The molecule has 4 heteroatoms. The maximum Gasteiger partial charge on any atom is 0.149 e. The van der Waals surface area contributed by atoms with E-state index in [9.17, 15) is 0 Å². The van der Waals surface area contributed by atoms with Gasteiger partial charge >= 0.3 is 0 Å². The SMILES string of the molecule is CC(Cl)C1CC(c2cccc(Cl)c2)=NO1. The van der Waals surface area contributed by atoms with Crippen molar-refractivity contribution in [1.29, 1.82) is 0 Å². The van der Waals surface area contributed by atoms with Crippen LogP contribution in [0.25, 0.3) is 0 Å². The van der Waals surface area contributed by atoms with E-state index in [0.29, 0.717) is 5.02 Å². The molecule has 0 amide bonds. The molecule has 0 aliphatic carbocycles. The summed E-state index contributed by atoms with van der Waals surface area (Å²) in [4.78, 5) is 5.23. The molecule has 0 bridgehead atoms. The number of hydrogen-bond donors (Lipinski definition) is 0. The molecular formula is C11H11Cl2NO. The summed E-state index contributed by atoms with van der Waals surface area (Å²) in [5, 5.41) is 4.69. The molecule has 0 saturated heterocycles. The Balaban J connectivity index is 2.14. The Morgan fingerprint density at radius 1 is 1.53 bits per heavy atom. The minimum atomic E-state index is -0.0366. The van der Waals surface area contributed by atoms with Crippen LogP contribution in [0.4, 0.5) is 0 Å². The van der Waals surface area contributed by atoms with Crippen molar-refractivity contribution in [2.24, 2.45) is 5.16 Å². The molecule has 0 N–H and O–H groups in total. The predicted octanol–water partition coefficient (Wildman–Crippen LogP) is 3.46. The Morgan fingerprint density at radius 3 is 2.93 bits per heavy atom. The van der Waals surface area contributed by atoms with E-state index in [0.717, 1.165) is 17.7 Å². The van der Waals surface area contributed by atoms with Gasteiger partial charge in [-0.15, -0.1) is 11.6 Å². The standard InChI is InChI=1S/C11H11Cl2NO/c1-7(12)11-6-10(14-15-11)8-3-2-4-9(13)5-8/h2-5,7,11H,6H2,1H3. The molecule has 0 spiro atoms. The molecule has 80 valence electrons. The molecular weight excluding hydrogens is 233 g/mol. The summed E-state index contributed by atoms with van der Waals surface area (Å²) in [5.41, 5.74) is 1.91. The first-order chi connectivity index (χ1) is 7.16. The number of halogens is 2. The second-order valence-corrected chi connectivity index (χ2v) is 4.70. The number of benzene rings is 1. The van der Waals surface area contributed by atoms with Crippen LogP contribution in [-0.4, -0.2) is 17.2 Å². The maximum absolute atomic E-state index is 5.94. The minimum Gasteiger partial charge on any atom is -0.390 e. The van der Waals surface area contributed by atoms with Crippen LogP contribution in [-0.2, 0) is 4.84 Å². The summed E-state index contributed by atoms with van der Waals surface area (Å²) in [6.07, 6.45) is 0.714. The van der Waals surface area contributed by atoms with Crippen molar-refractivity contribution >= 4 is 28.9 Å². The molecule has 2 unspecified atom stereocenters. The fourth-order valence-corrected chi connectivity index (χ4v) is 1.81. The smallest absolute Gasteiger partial charge is 0.149 e. The molecule has 2 atom stereocenters. The molecule has 2 nitrogen and oxygen atoms in total. The zero-order valence-corrected chi connectivity index (χ0v) is 9.79. The average molecular weight is 244 g/mol. The van der Waals surface area contributed by atoms with Gasteiger partial charge < -0.3 is 4.84 Å². The van der Waals surface area contributed by atoms with Gasteiger partial charge in [-0.05, 0) is 19.1 Å². The number of nitrogens with zero attached hydrogens (tertiary/aromatic N) is 1. The summed E-state index contributed by atoms with van der Waals surface area (Å²) in [6.45, 7) is 1.91. The van der Waals surface area contributed by atoms with E-state index in [2.05, 4.69) is 5.16 Å². The lowest BCUT2D eigenvalue weighted by molar-refractivity contribution is 0.0855. The van der Waals surface area contributed by atoms with Crippen molar-refractivity contribution in [2.75, 3.05) is 0 Å². The van der Waals surface area contributed by atoms with E-state index >= 15 is 0 Å². The monoisotopic (exact) mass is 243 g/mol.